The van der Waals surface area contributed by atoms with E-state index in [1.807, 2.05) is 0 Å². The normalized spacial score (nSPS) is 9.96. The highest BCUT2D eigenvalue weighted by Crippen LogP contribution is 2.14. The first kappa shape index (κ1) is 16.2. The Morgan fingerprint density at radius 1 is 1.00 bits per heavy atom. The number of nitrogens with one attached hydrogen (secondary N) is 2. The number of Topliss-reactive ketones (excluding diaryl/α,β-unsaturated/α-hetero) is 1. The van der Waals surface area contributed by atoms with Crippen LogP contribution in [0.1, 0.15) is 27.6 Å². The Bertz CT molecular complexity index is 739. The number of para-hydroxylation sites is 1. The molecule has 4 N–H and O–H groups in total. The minimum Gasteiger partial charge on any atom is -0.376 e. The lowest BCUT2D eigenvalue weighted by molar-refractivity contribution is -0.114. The molecule has 0 aliphatic heterocycles. The minimum atomic E-state index is -0.562. The number of primary amides is 1. The van der Waals surface area contributed by atoms with Crippen molar-refractivity contribution < 1.29 is 14.4 Å². The van der Waals surface area contributed by atoms with E-state index in [-0.39, 0.29) is 18.2 Å². The van der Waals surface area contributed by atoms with Crippen LogP contribution in [0.4, 0.5) is 11.4 Å². The summed E-state index contributed by atoms with van der Waals surface area (Å²) in [6.45, 7) is 1.46. The van der Waals surface area contributed by atoms with Crippen molar-refractivity contribution in [2.24, 2.45) is 5.73 Å². The summed E-state index contributed by atoms with van der Waals surface area (Å²) in [6.07, 6.45) is 0. The summed E-state index contributed by atoms with van der Waals surface area (Å²) < 4.78 is 0. The smallest absolute Gasteiger partial charge is 0.250 e. The van der Waals surface area contributed by atoms with Crippen LogP contribution in [0.15, 0.2) is 48.5 Å². The van der Waals surface area contributed by atoms with Crippen molar-refractivity contribution in [3.8, 4) is 0 Å². The van der Waals surface area contributed by atoms with Gasteiger partial charge in [0.25, 0.3) is 5.91 Å². The number of anilines is 2. The van der Waals surface area contributed by atoms with Crippen LogP contribution in [0.25, 0.3) is 0 Å². The van der Waals surface area contributed by atoms with Crippen LogP contribution >= 0.6 is 0 Å². The van der Waals surface area contributed by atoms with Crippen molar-refractivity contribution in [3.05, 3.63) is 59.7 Å². The van der Waals surface area contributed by atoms with Crippen LogP contribution in [0.5, 0.6) is 0 Å². The van der Waals surface area contributed by atoms with Gasteiger partial charge < -0.3 is 16.4 Å². The highest BCUT2D eigenvalue weighted by molar-refractivity contribution is 6.00. The van der Waals surface area contributed by atoms with Gasteiger partial charge >= 0.3 is 0 Å². The van der Waals surface area contributed by atoms with Crippen molar-refractivity contribution in [2.45, 2.75) is 6.92 Å². The van der Waals surface area contributed by atoms with Gasteiger partial charge in [0.2, 0.25) is 5.91 Å². The predicted molar refractivity (Wildman–Crippen MR) is 88.5 cm³/mol. The van der Waals surface area contributed by atoms with Crippen LogP contribution in [-0.4, -0.2) is 24.1 Å². The Hall–Kier alpha value is -3.15. The first-order chi connectivity index (χ1) is 11.0. The number of benzene rings is 2. The van der Waals surface area contributed by atoms with E-state index < -0.39 is 5.91 Å². The molecule has 0 radical (unpaired) electrons. The van der Waals surface area contributed by atoms with E-state index in [4.69, 9.17) is 5.73 Å². The summed E-state index contributed by atoms with van der Waals surface area (Å²) >= 11 is 0. The second-order valence-corrected chi connectivity index (χ2v) is 4.95. The van der Waals surface area contributed by atoms with Gasteiger partial charge in [-0.2, -0.15) is 0 Å². The van der Waals surface area contributed by atoms with Crippen LogP contribution < -0.4 is 16.4 Å². The Morgan fingerprint density at radius 3 is 2.26 bits per heavy atom. The average molecular weight is 311 g/mol. The van der Waals surface area contributed by atoms with E-state index in [2.05, 4.69) is 10.6 Å². The Kier molecular flexibility index (Phi) is 5.09. The highest BCUT2D eigenvalue weighted by atomic mass is 16.2. The molecule has 0 aliphatic carbocycles. The third-order valence-electron chi connectivity index (χ3n) is 3.21. The molecule has 2 amide bonds. The quantitative estimate of drug-likeness (QED) is 0.710. The van der Waals surface area contributed by atoms with Gasteiger partial charge in [-0.15, -0.1) is 0 Å². The molecule has 0 bridgehead atoms. The molecule has 6 heteroatoms. The summed E-state index contributed by atoms with van der Waals surface area (Å²) in [5.41, 5.74) is 7.27. The molecule has 2 rings (SSSR count). The SMILES string of the molecule is CC(=O)c1ccc(NC(=O)CNc2ccccc2C(N)=O)cc1. The molecule has 23 heavy (non-hydrogen) atoms. The number of amides is 2. The monoisotopic (exact) mass is 311 g/mol. The van der Waals surface area contributed by atoms with E-state index in [9.17, 15) is 14.4 Å². The molecule has 0 saturated heterocycles. The molecule has 0 spiro atoms. The number of hydrogen-bond donors (Lipinski definition) is 3. The lowest BCUT2D eigenvalue weighted by atomic mass is 10.1. The van der Waals surface area contributed by atoms with Crippen LogP contribution in [0, 0.1) is 0 Å². The van der Waals surface area contributed by atoms with Crippen molar-refractivity contribution in [1.82, 2.24) is 0 Å². The van der Waals surface area contributed by atoms with Gasteiger partial charge in [-0.3, -0.25) is 14.4 Å². The van der Waals surface area contributed by atoms with E-state index in [0.717, 1.165) is 0 Å². The first-order valence-electron chi connectivity index (χ1n) is 7.01. The number of hydrogen-bond acceptors (Lipinski definition) is 4. The molecule has 0 saturated carbocycles. The fraction of sp³-hybridized carbons (Fsp3) is 0.118. The van der Waals surface area contributed by atoms with Gasteiger partial charge in [0, 0.05) is 16.9 Å². The second kappa shape index (κ2) is 7.22. The molecule has 0 aliphatic rings. The number of ketones is 1. The molecule has 2 aromatic carbocycles. The van der Waals surface area contributed by atoms with Crippen molar-refractivity contribution in [2.75, 3.05) is 17.2 Å². The Labute approximate surface area is 133 Å². The van der Waals surface area contributed by atoms with Crippen LogP contribution in [0.3, 0.4) is 0 Å². The number of nitrogens with two attached hydrogens (primary N) is 1. The topological polar surface area (TPSA) is 101 Å². The summed E-state index contributed by atoms with van der Waals surface area (Å²) in [6, 6.07) is 13.3. The zero-order valence-corrected chi connectivity index (χ0v) is 12.6. The lowest BCUT2D eigenvalue weighted by Gasteiger charge is -2.10. The fourth-order valence-corrected chi connectivity index (χ4v) is 2.02. The van der Waals surface area contributed by atoms with Crippen molar-refractivity contribution in [3.63, 3.8) is 0 Å². The third-order valence-corrected chi connectivity index (χ3v) is 3.21. The van der Waals surface area contributed by atoms with E-state index in [0.29, 0.717) is 22.5 Å². The maximum absolute atomic E-state index is 11.9. The maximum Gasteiger partial charge on any atom is 0.250 e. The maximum atomic E-state index is 11.9. The number of carbonyl (C=O) groups excluding carboxylic acids is 3. The lowest BCUT2D eigenvalue weighted by Crippen LogP contribution is -2.23. The second-order valence-electron chi connectivity index (χ2n) is 4.95. The zero-order chi connectivity index (χ0) is 16.8. The van der Waals surface area contributed by atoms with Gasteiger partial charge in [0.05, 0.1) is 12.1 Å². The molecule has 0 fully saturated rings. The largest absolute Gasteiger partial charge is 0.376 e. The molecule has 118 valence electrons. The third kappa shape index (κ3) is 4.41. The van der Waals surface area contributed by atoms with Crippen molar-refractivity contribution in [1.29, 1.82) is 0 Å². The molecule has 0 atom stereocenters. The van der Waals surface area contributed by atoms with Gasteiger partial charge in [0.15, 0.2) is 5.78 Å². The number of carbonyl (C=O) groups is 3. The fourth-order valence-electron chi connectivity index (χ4n) is 2.02. The summed E-state index contributed by atoms with van der Waals surface area (Å²) in [4.78, 5) is 34.4. The van der Waals surface area contributed by atoms with E-state index in [1.54, 1.807) is 48.5 Å². The van der Waals surface area contributed by atoms with Crippen molar-refractivity contribution >= 4 is 29.0 Å². The van der Waals surface area contributed by atoms with Gasteiger partial charge in [-0.05, 0) is 43.3 Å². The Balaban J connectivity index is 1.95. The van der Waals surface area contributed by atoms with Gasteiger partial charge in [-0.25, -0.2) is 0 Å². The van der Waals surface area contributed by atoms with Gasteiger partial charge in [0.1, 0.15) is 0 Å². The van der Waals surface area contributed by atoms with Crippen LogP contribution in [-0.2, 0) is 4.79 Å². The van der Waals surface area contributed by atoms with Gasteiger partial charge in [-0.1, -0.05) is 12.1 Å². The minimum absolute atomic E-state index is 0.0151. The summed E-state index contributed by atoms with van der Waals surface area (Å²) in [5.74, 6) is -0.874. The standard InChI is InChI=1S/C17H17N3O3/c1-11(21)12-6-8-13(9-7-12)20-16(22)10-19-15-5-3-2-4-14(15)17(18)23/h2-9,19H,10H2,1H3,(H2,18,23)(H,20,22). The number of rotatable bonds is 6. The summed E-state index contributed by atoms with van der Waals surface area (Å²) in [7, 11) is 0. The molecular weight excluding hydrogens is 294 g/mol. The molecule has 0 heterocycles. The van der Waals surface area contributed by atoms with Crippen LogP contribution in [0.2, 0.25) is 0 Å². The molecule has 0 aromatic heterocycles. The molecule has 2 aromatic rings. The zero-order valence-electron chi connectivity index (χ0n) is 12.6. The average Bonchev–Trinajstić information content (AvgIpc) is 2.53. The highest BCUT2D eigenvalue weighted by Gasteiger charge is 2.09. The van der Waals surface area contributed by atoms with E-state index >= 15 is 0 Å². The molecule has 6 nitrogen and oxygen atoms in total. The van der Waals surface area contributed by atoms with E-state index in [1.165, 1.54) is 6.92 Å². The first-order valence-corrected chi connectivity index (χ1v) is 7.01. The predicted octanol–water partition coefficient (Wildman–Crippen LogP) is 2.04. The molecular formula is C17H17N3O3. The summed E-state index contributed by atoms with van der Waals surface area (Å²) in [5, 5.41) is 5.58. The Morgan fingerprint density at radius 2 is 1.65 bits per heavy atom. The molecule has 0 unspecified atom stereocenters.